The summed E-state index contributed by atoms with van der Waals surface area (Å²) >= 11 is 0. The van der Waals surface area contributed by atoms with E-state index in [0.29, 0.717) is 6.04 Å². The number of methoxy groups -OCH3 is 1. The highest BCUT2D eigenvalue weighted by Crippen LogP contribution is 2.20. The zero-order valence-corrected chi connectivity index (χ0v) is 13.3. The topological polar surface area (TPSA) is 64.9 Å². The van der Waals surface area contributed by atoms with E-state index >= 15 is 0 Å². The Balaban J connectivity index is 2.10. The minimum absolute atomic E-state index is 0.142. The molecule has 1 aromatic carbocycles. The maximum Gasteiger partial charge on any atom is 0.153 e. The van der Waals surface area contributed by atoms with E-state index < -0.39 is 0 Å². The van der Waals surface area contributed by atoms with E-state index in [2.05, 4.69) is 41.6 Å². The molecule has 0 fully saturated rings. The molecule has 114 valence electrons. The molecule has 0 bridgehead atoms. The Morgan fingerprint density at radius 2 is 2.14 bits per heavy atom. The maximum atomic E-state index is 5.47. The number of tetrazole rings is 1. The molecule has 0 amide bonds. The van der Waals surface area contributed by atoms with Crippen molar-refractivity contribution >= 4 is 5.69 Å². The van der Waals surface area contributed by atoms with Crippen LogP contribution in [0.2, 0.25) is 0 Å². The Hall–Kier alpha value is -1.95. The summed E-state index contributed by atoms with van der Waals surface area (Å²) in [6.07, 6.45) is 0.914. The van der Waals surface area contributed by atoms with Crippen molar-refractivity contribution in [3.63, 3.8) is 0 Å². The fourth-order valence-electron chi connectivity index (χ4n) is 2.35. The minimum Gasteiger partial charge on any atom is -0.382 e. The van der Waals surface area contributed by atoms with Crippen LogP contribution >= 0.6 is 0 Å². The van der Waals surface area contributed by atoms with Gasteiger partial charge in [0.05, 0.1) is 11.3 Å². The van der Waals surface area contributed by atoms with Crippen molar-refractivity contribution in [1.29, 1.82) is 0 Å². The summed E-state index contributed by atoms with van der Waals surface area (Å²) in [5.41, 5.74) is 1.85. The molecule has 0 radical (unpaired) electrons. The van der Waals surface area contributed by atoms with Gasteiger partial charge in [-0.3, -0.25) is 0 Å². The summed E-state index contributed by atoms with van der Waals surface area (Å²) in [6, 6.07) is 8.36. The zero-order chi connectivity index (χ0) is 15.5. The highest BCUT2D eigenvalue weighted by atomic mass is 16.5. The third-order valence-corrected chi connectivity index (χ3v) is 3.48. The maximum absolute atomic E-state index is 5.47. The number of hydrogen-bond acceptors (Lipinski definition) is 5. The molecule has 0 spiro atoms. The first kappa shape index (κ1) is 15.4. The Morgan fingerprint density at radius 3 is 2.76 bits per heavy atom. The van der Waals surface area contributed by atoms with Gasteiger partial charge in [0, 0.05) is 18.8 Å². The van der Waals surface area contributed by atoms with Crippen LogP contribution in [0.3, 0.4) is 0 Å². The van der Waals surface area contributed by atoms with Gasteiger partial charge < -0.3 is 10.1 Å². The number of benzene rings is 1. The lowest BCUT2D eigenvalue weighted by atomic mass is 9.99. The second-order valence-corrected chi connectivity index (χ2v) is 5.90. The molecule has 2 aromatic rings. The average molecular weight is 289 g/mol. The number of ether oxygens (including phenoxy) is 1. The van der Waals surface area contributed by atoms with Crippen molar-refractivity contribution in [3.05, 3.63) is 30.1 Å². The van der Waals surface area contributed by atoms with Crippen LogP contribution in [-0.2, 0) is 4.74 Å². The summed E-state index contributed by atoms with van der Waals surface area (Å²) in [5.74, 6) is 0.765. The van der Waals surface area contributed by atoms with Gasteiger partial charge >= 0.3 is 0 Å². The molecular weight excluding hydrogens is 266 g/mol. The first-order chi connectivity index (χ1) is 9.91. The fourth-order valence-corrected chi connectivity index (χ4v) is 2.35. The van der Waals surface area contributed by atoms with Crippen molar-refractivity contribution in [2.75, 3.05) is 12.4 Å². The van der Waals surface area contributed by atoms with Crippen LogP contribution < -0.4 is 5.32 Å². The second kappa shape index (κ2) is 6.22. The van der Waals surface area contributed by atoms with Crippen molar-refractivity contribution in [2.45, 2.75) is 45.8 Å². The fraction of sp³-hybridized carbons (Fsp3) is 0.533. The molecule has 2 rings (SSSR count). The Kier molecular flexibility index (Phi) is 4.57. The number of hydrogen-bond donors (Lipinski definition) is 1. The van der Waals surface area contributed by atoms with Crippen LogP contribution in [-0.4, -0.2) is 39.0 Å². The standard InChI is InChI=1S/C15H23N5O/c1-11(10-15(3,4)21-5)16-13-7-6-8-14(9-13)20-12(2)17-18-19-20/h6-9,11,16H,10H2,1-5H3. The summed E-state index contributed by atoms with van der Waals surface area (Å²) < 4.78 is 7.19. The number of aromatic nitrogens is 4. The van der Waals surface area contributed by atoms with Crippen LogP contribution in [0.5, 0.6) is 0 Å². The van der Waals surface area contributed by atoms with Crippen LogP contribution in [0.25, 0.3) is 5.69 Å². The van der Waals surface area contributed by atoms with Crippen molar-refractivity contribution in [3.8, 4) is 5.69 Å². The normalized spacial score (nSPS) is 13.2. The first-order valence-electron chi connectivity index (χ1n) is 7.08. The lowest BCUT2D eigenvalue weighted by molar-refractivity contribution is 0.0128. The van der Waals surface area contributed by atoms with Gasteiger partial charge in [-0.15, -0.1) is 5.10 Å². The van der Waals surface area contributed by atoms with E-state index in [9.17, 15) is 0 Å². The molecule has 21 heavy (non-hydrogen) atoms. The molecular formula is C15H23N5O. The van der Waals surface area contributed by atoms with Gasteiger partial charge in [-0.1, -0.05) is 6.07 Å². The van der Waals surface area contributed by atoms with Gasteiger partial charge in [-0.2, -0.15) is 4.68 Å². The predicted octanol–water partition coefficient (Wildman–Crippen LogP) is 2.59. The number of nitrogens with one attached hydrogen (secondary N) is 1. The van der Waals surface area contributed by atoms with Crippen molar-refractivity contribution < 1.29 is 4.74 Å². The molecule has 1 N–H and O–H groups in total. The smallest absolute Gasteiger partial charge is 0.153 e. The van der Waals surface area contributed by atoms with Gasteiger partial charge in [0.25, 0.3) is 0 Å². The van der Waals surface area contributed by atoms with Crippen molar-refractivity contribution in [2.24, 2.45) is 0 Å². The number of rotatable bonds is 6. The molecule has 0 aliphatic carbocycles. The summed E-state index contributed by atoms with van der Waals surface area (Å²) in [7, 11) is 1.74. The van der Waals surface area contributed by atoms with E-state index in [1.807, 2.05) is 31.2 Å². The molecule has 0 saturated heterocycles. The Bertz CT molecular complexity index is 593. The number of aryl methyl sites for hydroxylation is 1. The SMILES string of the molecule is COC(C)(C)CC(C)Nc1cccc(-n2nnnc2C)c1. The third kappa shape index (κ3) is 4.01. The van der Waals surface area contributed by atoms with Crippen LogP contribution in [0.1, 0.15) is 33.0 Å². The molecule has 6 heteroatoms. The van der Waals surface area contributed by atoms with Gasteiger partial charge in [0.2, 0.25) is 0 Å². The van der Waals surface area contributed by atoms with E-state index in [0.717, 1.165) is 23.6 Å². The zero-order valence-electron chi connectivity index (χ0n) is 13.3. The van der Waals surface area contributed by atoms with E-state index in [-0.39, 0.29) is 5.60 Å². The monoisotopic (exact) mass is 289 g/mol. The molecule has 6 nitrogen and oxygen atoms in total. The quantitative estimate of drug-likeness (QED) is 0.885. The molecule has 1 heterocycles. The third-order valence-electron chi connectivity index (χ3n) is 3.48. The summed E-state index contributed by atoms with van der Waals surface area (Å²) in [6.45, 7) is 8.21. The summed E-state index contributed by atoms with van der Waals surface area (Å²) in [5, 5.41) is 15.1. The molecule has 1 atom stereocenters. The van der Waals surface area contributed by atoms with Crippen LogP contribution in [0, 0.1) is 6.92 Å². The largest absolute Gasteiger partial charge is 0.382 e. The lowest BCUT2D eigenvalue weighted by Gasteiger charge is -2.27. The number of nitrogens with zero attached hydrogens (tertiary/aromatic N) is 4. The second-order valence-electron chi connectivity index (χ2n) is 5.90. The molecule has 1 aromatic heterocycles. The Labute approximate surface area is 125 Å². The lowest BCUT2D eigenvalue weighted by Crippen LogP contribution is -2.31. The van der Waals surface area contributed by atoms with Crippen LogP contribution in [0.15, 0.2) is 24.3 Å². The number of anilines is 1. The highest BCUT2D eigenvalue weighted by molar-refractivity contribution is 5.51. The van der Waals surface area contributed by atoms with Gasteiger partial charge in [-0.05, 0) is 62.7 Å². The molecule has 0 aliphatic rings. The highest BCUT2D eigenvalue weighted by Gasteiger charge is 2.20. The van der Waals surface area contributed by atoms with Crippen molar-refractivity contribution in [1.82, 2.24) is 20.2 Å². The van der Waals surface area contributed by atoms with Gasteiger partial charge in [0.15, 0.2) is 5.82 Å². The van der Waals surface area contributed by atoms with E-state index in [1.165, 1.54) is 0 Å². The van der Waals surface area contributed by atoms with E-state index in [1.54, 1.807) is 11.8 Å². The molecule has 0 aliphatic heterocycles. The van der Waals surface area contributed by atoms with Crippen LogP contribution in [0.4, 0.5) is 5.69 Å². The Morgan fingerprint density at radius 1 is 1.38 bits per heavy atom. The van der Waals surface area contributed by atoms with E-state index in [4.69, 9.17) is 4.74 Å². The van der Waals surface area contributed by atoms with Gasteiger partial charge in [0.1, 0.15) is 0 Å². The first-order valence-corrected chi connectivity index (χ1v) is 7.08. The predicted molar refractivity (Wildman–Crippen MR) is 82.7 cm³/mol. The average Bonchev–Trinajstić information content (AvgIpc) is 2.84. The van der Waals surface area contributed by atoms with Gasteiger partial charge in [-0.25, -0.2) is 0 Å². The summed E-state index contributed by atoms with van der Waals surface area (Å²) in [4.78, 5) is 0. The molecule has 1 unspecified atom stereocenters. The minimum atomic E-state index is -0.142. The molecule has 0 saturated carbocycles.